The number of thiazole rings is 1. The van der Waals surface area contributed by atoms with Gasteiger partial charge >= 0.3 is 0 Å². The van der Waals surface area contributed by atoms with Crippen molar-refractivity contribution in [3.8, 4) is 0 Å². The molecule has 2 aromatic rings. The van der Waals surface area contributed by atoms with Gasteiger partial charge in [-0.3, -0.25) is 9.69 Å². The van der Waals surface area contributed by atoms with Gasteiger partial charge in [-0.15, -0.1) is 11.3 Å². The van der Waals surface area contributed by atoms with Crippen molar-refractivity contribution in [3.05, 3.63) is 47.0 Å². The molecule has 1 saturated heterocycles. The fraction of sp³-hybridized carbons (Fsp3) is 0.375. The number of hydrogen-bond donors (Lipinski definition) is 1. The Hall–Kier alpha value is -1.92. The third-order valence-corrected chi connectivity index (χ3v) is 4.96. The molecule has 1 aliphatic rings. The number of amides is 1. The van der Waals surface area contributed by atoms with Crippen LogP contribution >= 0.6 is 11.3 Å². The molecule has 2 heterocycles. The highest BCUT2D eigenvalue weighted by Crippen LogP contribution is 2.25. The molecule has 5 nitrogen and oxygen atoms in total. The fourth-order valence-corrected chi connectivity index (χ4v) is 3.71. The van der Waals surface area contributed by atoms with Gasteiger partial charge in [0.25, 0.3) is 0 Å². The van der Waals surface area contributed by atoms with Crippen LogP contribution in [0.2, 0.25) is 0 Å². The number of rotatable bonds is 4. The number of carbonyl (C=O) groups is 1. The number of hydrogen-bond acceptors (Lipinski definition) is 5. The van der Waals surface area contributed by atoms with Crippen LogP contribution < -0.4 is 10.6 Å². The highest BCUT2D eigenvalue weighted by molar-refractivity contribution is 7.13. The third kappa shape index (κ3) is 3.13. The Bertz CT molecular complexity index is 635. The Morgan fingerprint density at radius 3 is 2.45 bits per heavy atom. The zero-order chi connectivity index (χ0) is 15.5. The van der Waals surface area contributed by atoms with Gasteiger partial charge in [0.2, 0.25) is 5.91 Å². The summed E-state index contributed by atoms with van der Waals surface area (Å²) in [5.74, 6) is -0.287. The Kier molecular flexibility index (Phi) is 4.40. The van der Waals surface area contributed by atoms with E-state index in [1.807, 2.05) is 37.3 Å². The summed E-state index contributed by atoms with van der Waals surface area (Å²) in [6.07, 6.45) is 0. The highest BCUT2D eigenvalue weighted by Gasteiger charge is 2.29. The largest absolute Gasteiger partial charge is 0.368 e. The minimum absolute atomic E-state index is 0.287. The minimum atomic E-state index is -0.346. The summed E-state index contributed by atoms with van der Waals surface area (Å²) in [4.78, 5) is 20.9. The van der Waals surface area contributed by atoms with Gasteiger partial charge in [-0.05, 0) is 12.5 Å². The number of anilines is 1. The van der Waals surface area contributed by atoms with Crippen LogP contribution in [0.15, 0.2) is 35.7 Å². The molecule has 1 amide bonds. The first-order chi connectivity index (χ1) is 10.6. The summed E-state index contributed by atoms with van der Waals surface area (Å²) in [5, 5.41) is 3.13. The highest BCUT2D eigenvalue weighted by atomic mass is 32.1. The summed E-state index contributed by atoms with van der Waals surface area (Å²) in [5.41, 5.74) is 7.67. The molecule has 1 aliphatic heterocycles. The number of nitrogens with zero attached hydrogens (tertiary/aromatic N) is 3. The van der Waals surface area contributed by atoms with Gasteiger partial charge in [-0.25, -0.2) is 4.98 Å². The van der Waals surface area contributed by atoms with Crippen molar-refractivity contribution < 1.29 is 4.79 Å². The number of piperazine rings is 1. The second-order valence-corrected chi connectivity index (χ2v) is 6.35. The van der Waals surface area contributed by atoms with Crippen LogP contribution in [0.1, 0.15) is 17.3 Å². The molecule has 22 heavy (non-hydrogen) atoms. The molecule has 3 rings (SSSR count). The van der Waals surface area contributed by atoms with E-state index >= 15 is 0 Å². The van der Waals surface area contributed by atoms with Gasteiger partial charge in [0, 0.05) is 31.6 Å². The monoisotopic (exact) mass is 316 g/mol. The topological polar surface area (TPSA) is 62.5 Å². The quantitative estimate of drug-likeness (QED) is 0.934. The van der Waals surface area contributed by atoms with E-state index in [1.165, 1.54) is 0 Å². The van der Waals surface area contributed by atoms with Crippen LogP contribution in [-0.2, 0) is 4.79 Å². The average molecular weight is 316 g/mol. The third-order valence-electron chi connectivity index (χ3n) is 3.94. The van der Waals surface area contributed by atoms with E-state index < -0.39 is 0 Å². The first-order valence-corrected chi connectivity index (χ1v) is 8.28. The van der Waals surface area contributed by atoms with Gasteiger partial charge in [0.15, 0.2) is 5.13 Å². The first-order valence-electron chi connectivity index (χ1n) is 7.40. The molecule has 1 aromatic carbocycles. The van der Waals surface area contributed by atoms with Gasteiger partial charge in [-0.2, -0.15) is 0 Å². The minimum Gasteiger partial charge on any atom is -0.368 e. The van der Waals surface area contributed by atoms with E-state index in [9.17, 15) is 4.79 Å². The molecule has 1 atom stereocenters. The van der Waals surface area contributed by atoms with Crippen molar-refractivity contribution in [1.29, 1.82) is 0 Å². The number of aromatic nitrogens is 1. The summed E-state index contributed by atoms with van der Waals surface area (Å²) in [6.45, 7) is 5.35. The number of nitrogens with two attached hydrogens (primary N) is 1. The molecule has 0 radical (unpaired) electrons. The normalized spacial score (nSPS) is 17.4. The fourth-order valence-electron chi connectivity index (χ4n) is 2.85. The molecular weight excluding hydrogens is 296 g/mol. The number of benzene rings is 1. The molecule has 0 spiro atoms. The number of carbonyl (C=O) groups excluding carboxylic acids is 1. The molecule has 0 aliphatic carbocycles. The zero-order valence-corrected chi connectivity index (χ0v) is 13.4. The smallest absolute Gasteiger partial charge is 0.239 e. The molecule has 0 bridgehead atoms. The second kappa shape index (κ2) is 6.46. The van der Waals surface area contributed by atoms with Gasteiger partial charge in [0.1, 0.15) is 6.04 Å². The maximum Gasteiger partial charge on any atom is 0.239 e. The lowest BCUT2D eigenvalue weighted by Gasteiger charge is -2.38. The van der Waals surface area contributed by atoms with Crippen molar-refractivity contribution in [2.24, 2.45) is 5.73 Å². The van der Waals surface area contributed by atoms with Crippen LogP contribution in [0, 0.1) is 6.92 Å². The number of primary amides is 1. The average Bonchev–Trinajstić information content (AvgIpc) is 2.95. The van der Waals surface area contributed by atoms with E-state index in [-0.39, 0.29) is 11.9 Å². The number of aryl methyl sites for hydroxylation is 1. The maximum atomic E-state index is 11.9. The van der Waals surface area contributed by atoms with Gasteiger partial charge in [0.05, 0.1) is 5.69 Å². The molecule has 116 valence electrons. The van der Waals surface area contributed by atoms with E-state index in [1.54, 1.807) is 11.3 Å². The Morgan fingerprint density at radius 2 is 1.91 bits per heavy atom. The van der Waals surface area contributed by atoms with Crippen molar-refractivity contribution in [1.82, 2.24) is 9.88 Å². The summed E-state index contributed by atoms with van der Waals surface area (Å²) >= 11 is 1.67. The molecule has 6 heteroatoms. The lowest BCUT2D eigenvalue weighted by atomic mass is 10.0. The molecule has 0 saturated carbocycles. The van der Waals surface area contributed by atoms with Crippen molar-refractivity contribution in [3.63, 3.8) is 0 Å². The van der Waals surface area contributed by atoms with E-state index in [2.05, 4.69) is 20.2 Å². The Morgan fingerprint density at radius 1 is 1.23 bits per heavy atom. The first kappa shape index (κ1) is 15.0. The summed E-state index contributed by atoms with van der Waals surface area (Å²) < 4.78 is 0. The molecule has 1 aromatic heterocycles. The predicted molar refractivity (Wildman–Crippen MR) is 89.0 cm³/mol. The molecular formula is C16H20N4OS. The summed E-state index contributed by atoms with van der Waals surface area (Å²) in [7, 11) is 0. The molecule has 1 fully saturated rings. The predicted octanol–water partition coefficient (Wildman–Crippen LogP) is 1.80. The van der Waals surface area contributed by atoms with Crippen molar-refractivity contribution in [2.45, 2.75) is 13.0 Å². The molecule has 1 unspecified atom stereocenters. The van der Waals surface area contributed by atoms with Crippen molar-refractivity contribution in [2.75, 3.05) is 31.1 Å². The van der Waals surface area contributed by atoms with Crippen LogP contribution in [0.25, 0.3) is 0 Å². The van der Waals surface area contributed by atoms with Gasteiger partial charge in [-0.1, -0.05) is 30.3 Å². The Labute approximate surface area is 134 Å². The van der Waals surface area contributed by atoms with E-state index in [4.69, 9.17) is 5.73 Å². The van der Waals surface area contributed by atoms with Gasteiger partial charge < -0.3 is 10.6 Å². The maximum absolute atomic E-state index is 11.9. The lowest BCUT2D eigenvalue weighted by molar-refractivity contribution is -0.123. The Balaban J connectivity index is 1.70. The van der Waals surface area contributed by atoms with Crippen LogP contribution in [0.4, 0.5) is 5.13 Å². The van der Waals surface area contributed by atoms with Crippen LogP contribution in [0.5, 0.6) is 0 Å². The van der Waals surface area contributed by atoms with Crippen molar-refractivity contribution >= 4 is 22.4 Å². The second-order valence-electron chi connectivity index (χ2n) is 5.51. The summed E-state index contributed by atoms with van der Waals surface area (Å²) in [6, 6.07) is 9.42. The zero-order valence-electron chi connectivity index (χ0n) is 12.6. The lowest BCUT2D eigenvalue weighted by Crippen LogP contribution is -2.50. The van der Waals surface area contributed by atoms with Crippen LogP contribution in [-0.4, -0.2) is 42.0 Å². The van der Waals surface area contributed by atoms with E-state index in [0.717, 1.165) is 42.6 Å². The van der Waals surface area contributed by atoms with Crippen LogP contribution in [0.3, 0.4) is 0 Å². The molecule has 2 N–H and O–H groups in total. The standard InChI is InChI=1S/C16H20N4OS/c1-12-11-22-16(18-12)20-9-7-19(8-10-20)14(15(17)21)13-5-3-2-4-6-13/h2-6,11,14H,7-10H2,1H3,(H2,17,21). The SMILES string of the molecule is Cc1csc(N2CCN(C(C(N)=O)c3ccccc3)CC2)n1. The van der Waals surface area contributed by atoms with E-state index in [0.29, 0.717) is 0 Å².